The minimum Gasteiger partial charge on any atom is -0.391 e. The number of hydrogen-bond donors (Lipinski definition) is 6. The first-order valence-electron chi connectivity index (χ1n) is 8.94. The van der Waals surface area contributed by atoms with Crippen molar-refractivity contribution in [2.24, 2.45) is 5.73 Å². The Labute approximate surface area is 167 Å². The number of hydrogen-bond acceptors (Lipinski definition) is 6. The van der Waals surface area contributed by atoms with Crippen LogP contribution in [0.15, 0.2) is 48.5 Å². The number of aliphatic hydroxyl groups excluding tert-OH is 1. The lowest BCUT2D eigenvalue weighted by atomic mass is 10.0. The highest BCUT2D eigenvalue weighted by atomic mass is 16.5. The number of hydroxylamine groups is 1. The molecule has 2 aromatic carbocycles. The molecule has 0 bridgehead atoms. The molecule has 0 aliphatic rings. The van der Waals surface area contributed by atoms with Crippen LogP contribution < -0.4 is 21.8 Å². The first-order chi connectivity index (χ1) is 13.8. The van der Waals surface area contributed by atoms with Crippen molar-refractivity contribution < 1.29 is 24.7 Å². The number of benzene rings is 2. The molecule has 154 valence electrons. The van der Waals surface area contributed by atoms with Crippen molar-refractivity contribution in [1.29, 1.82) is 0 Å². The second-order valence-corrected chi connectivity index (χ2v) is 6.43. The number of nitrogens with one attached hydrogen (secondary N) is 3. The quantitative estimate of drug-likeness (QED) is 0.269. The molecule has 7 N–H and O–H groups in total. The van der Waals surface area contributed by atoms with E-state index in [0.717, 1.165) is 16.7 Å². The Morgan fingerprint density at radius 2 is 1.76 bits per heavy atom. The van der Waals surface area contributed by atoms with Gasteiger partial charge in [-0.2, -0.15) is 0 Å². The lowest BCUT2D eigenvalue weighted by molar-refractivity contribution is -0.133. The zero-order chi connectivity index (χ0) is 21.4. The Morgan fingerprint density at radius 3 is 2.34 bits per heavy atom. The molecule has 2 rings (SSSR count). The molecule has 0 saturated carbocycles. The summed E-state index contributed by atoms with van der Waals surface area (Å²) in [6.45, 7) is 1.61. The Hall–Kier alpha value is -3.27. The summed E-state index contributed by atoms with van der Waals surface area (Å²) in [6, 6.07) is 12.9. The lowest BCUT2D eigenvalue weighted by Gasteiger charge is -2.19. The number of aliphatic hydroxyl groups is 1. The molecule has 2 aromatic rings. The van der Waals surface area contributed by atoms with Gasteiger partial charge in [0.1, 0.15) is 6.04 Å². The maximum Gasteiger partial charge on any atom is 0.268 e. The molecule has 29 heavy (non-hydrogen) atoms. The molecule has 0 fully saturated rings. The zero-order valence-electron chi connectivity index (χ0n) is 15.9. The molecule has 0 aliphatic heterocycles. The van der Waals surface area contributed by atoms with Crippen molar-refractivity contribution in [2.75, 3.05) is 6.54 Å². The van der Waals surface area contributed by atoms with E-state index in [0.29, 0.717) is 6.54 Å². The van der Waals surface area contributed by atoms with E-state index in [1.54, 1.807) is 24.3 Å². The maximum absolute atomic E-state index is 12.3. The third-order valence-corrected chi connectivity index (χ3v) is 4.24. The van der Waals surface area contributed by atoms with Crippen molar-refractivity contribution in [1.82, 2.24) is 16.1 Å². The highest BCUT2D eigenvalue weighted by Crippen LogP contribution is 2.21. The van der Waals surface area contributed by atoms with Crippen molar-refractivity contribution in [2.45, 2.75) is 25.6 Å². The van der Waals surface area contributed by atoms with Crippen LogP contribution in [-0.2, 0) is 16.1 Å². The van der Waals surface area contributed by atoms with Gasteiger partial charge < -0.3 is 21.5 Å². The van der Waals surface area contributed by atoms with E-state index < -0.39 is 24.0 Å². The Kier molecular flexibility index (Phi) is 7.84. The SMILES string of the molecule is C[C@@H](O)[C@H](NC(=O)c1ccc(-c2cccc(CNC(=O)CN)c2)cc1)C(=O)NO. The van der Waals surface area contributed by atoms with Gasteiger partial charge in [-0.25, -0.2) is 5.48 Å². The predicted octanol–water partition coefficient (Wildman–Crippen LogP) is -0.0869. The molecule has 0 unspecified atom stereocenters. The minimum atomic E-state index is -1.28. The second-order valence-electron chi connectivity index (χ2n) is 6.43. The van der Waals surface area contributed by atoms with Crippen LogP contribution in [0, 0.1) is 0 Å². The molecule has 0 heterocycles. The minimum absolute atomic E-state index is 0.0703. The van der Waals surface area contributed by atoms with Gasteiger partial charge in [0, 0.05) is 12.1 Å². The largest absolute Gasteiger partial charge is 0.391 e. The molecular formula is C20H24N4O5. The Bertz CT molecular complexity index is 867. The predicted molar refractivity (Wildman–Crippen MR) is 106 cm³/mol. The summed E-state index contributed by atoms with van der Waals surface area (Å²) < 4.78 is 0. The number of carbonyl (C=O) groups is 3. The summed E-state index contributed by atoms with van der Waals surface area (Å²) in [4.78, 5) is 35.2. The number of nitrogens with two attached hydrogens (primary N) is 1. The molecular weight excluding hydrogens is 376 g/mol. The Balaban J connectivity index is 2.10. The zero-order valence-corrected chi connectivity index (χ0v) is 15.9. The monoisotopic (exact) mass is 400 g/mol. The van der Waals surface area contributed by atoms with Gasteiger partial charge in [0.25, 0.3) is 11.8 Å². The third-order valence-electron chi connectivity index (χ3n) is 4.24. The van der Waals surface area contributed by atoms with Gasteiger partial charge in [-0.15, -0.1) is 0 Å². The van der Waals surface area contributed by atoms with Gasteiger partial charge in [-0.05, 0) is 41.8 Å². The summed E-state index contributed by atoms with van der Waals surface area (Å²) >= 11 is 0. The second kappa shape index (κ2) is 10.3. The normalized spacial score (nSPS) is 12.6. The van der Waals surface area contributed by atoms with Crippen molar-refractivity contribution in [3.8, 4) is 11.1 Å². The fourth-order valence-electron chi connectivity index (χ4n) is 2.65. The van der Waals surface area contributed by atoms with Crippen LogP contribution in [0.3, 0.4) is 0 Å². The smallest absolute Gasteiger partial charge is 0.268 e. The van der Waals surface area contributed by atoms with Gasteiger partial charge in [0.15, 0.2) is 0 Å². The summed E-state index contributed by atoms with van der Waals surface area (Å²) in [5.74, 6) is -1.72. The van der Waals surface area contributed by atoms with Crippen molar-refractivity contribution in [3.05, 3.63) is 59.7 Å². The lowest BCUT2D eigenvalue weighted by Crippen LogP contribution is -2.51. The average molecular weight is 400 g/mol. The molecule has 9 heteroatoms. The van der Waals surface area contributed by atoms with Crippen molar-refractivity contribution in [3.63, 3.8) is 0 Å². The summed E-state index contributed by atoms with van der Waals surface area (Å²) in [7, 11) is 0. The number of rotatable bonds is 8. The van der Waals surface area contributed by atoms with E-state index in [4.69, 9.17) is 10.9 Å². The maximum atomic E-state index is 12.3. The Morgan fingerprint density at radius 1 is 1.07 bits per heavy atom. The highest BCUT2D eigenvalue weighted by molar-refractivity contribution is 5.98. The van der Waals surface area contributed by atoms with Gasteiger partial charge in [0.05, 0.1) is 12.6 Å². The molecule has 3 amide bonds. The summed E-state index contributed by atoms with van der Waals surface area (Å²) in [6.07, 6.45) is -1.19. The molecule has 0 saturated heterocycles. The fraction of sp³-hybridized carbons (Fsp3) is 0.250. The van der Waals surface area contributed by atoms with Crippen molar-refractivity contribution >= 4 is 17.7 Å². The van der Waals surface area contributed by atoms with Gasteiger partial charge in [-0.3, -0.25) is 19.6 Å². The first kappa shape index (κ1) is 22.0. The van der Waals surface area contributed by atoms with E-state index in [1.165, 1.54) is 12.4 Å². The van der Waals surface area contributed by atoms with Crippen LogP contribution in [0.5, 0.6) is 0 Å². The topological polar surface area (TPSA) is 154 Å². The van der Waals surface area contributed by atoms with Gasteiger partial charge >= 0.3 is 0 Å². The molecule has 9 nitrogen and oxygen atoms in total. The number of carbonyl (C=O) groups excluding carboxylic acids is 3. The van der Waals surface area contributed by atoms with Crippen LogP contribution in [-0.4, -0.2) is 46.7 Å². The molecule has 0 aliphatic carbocycles. The molecule has 0 radical (unpaired) electrons. The van der Waals surface area contributed by atoms with Crippen LogP contribution >= 0.6 is 0 Å². The summed E-state index contributed by atoms with van der Waals surface area (Å²) in [5, 5.41) is 23.4. The molecule has 0 spiro atoms. The standard InChI is InChI=1S/C20H24N4O5/c1-12(25)18(20(28)24-29)23-19(27)15-7-5-14(6-8-15)16-4-2-3-13(9-16)11-22-17(26)10-21/h2-9,12,18,25,29H,10-11,21H2,1H3,(H,22,26)(H,23,27)(H,24,28)/t12-,18+/m1/s1. The fourth-order valence-corrected chi connectivity index (χ4v) is 2.65. The third kappa shape index (κ3) is 6.11. The van der Waals surface area contributed by atoms with Gasteiger partial charge in [-0.1, -0.05) is 30.3 Å². The van der Waals surface area contributed by atoms with Gasteiger partial charge in [0.2, 0.25) is 5.91 Å². The molecule has 0 aromatic heterocycles. The summed E-state index contributed by atoms with van der Waals surface area (Å²) in [5.41, 5.74) is 9.64. The van der Waals surface area contributed by atoms with Crippen LogP contribution in [0.1, 0.15) is 22.8 Å². The van der Waals surface area contributed by atoms with E-state index >= 15 is 0 Å². The molecule has 2 atom stereocenters. The van der Waals surface area contributed by atoms with E-state index in [2.05, 4.69) is 10.6 Å². The van der Waals surface area contributed by atoms with E-state index in [1.807, 2.05) is 24.3 Å². The van der Waals surface area contributed by atoms with E-state index in [9.17, 15) is 19.5 Å². The average Bonchev–Trinajstić information content (AvgIpc) is 2.75. The van der Waals surface area contributed by atoms with Crippen LogP contribution in [0.2, 0.25) is 0 Å². The van der Waals surface area contributed by atoms with E-state index in [-0.39, 0.29) is 18.0 Å². The highest BCUT2D eigenvalue weighted by Gasteiger charge is 2.25. The number of amides is 3. The van der Waals surface area contributed by atoms with Crippen LogP contribution in [0.4, 0.5) is 0 Å². The van der Waals surface area contributed by atoms with Crippen LogP contribution in [0.25, 0.3) is 11.1 Å². The first-order valence-corrected chi connectivity index (χ1v) is 8.94.